The van der Waals surface area contributed by atoms with Gasteiger partial charge < -0.3 is 9.47 Å². The van der Waals surface area contributed by atoms with Gasteiger partial charge in [0.25, 0.3) is 5.91 Å². The van der Waals surface area contributed by atoms with Crippen LogP contribution in [0.25, 0.3) is 11.3 Å². The number of carbonyl (C=O) groups is 4. The average molecular weight is 501 g/mol. The van der Waals surface area contributed by atoms with Crippen LogP contribution in [-0.2, 0) is 9.53 Å². The standard InChI is InChI=1S/C27H20N2O6S/c1-17(30)35-20-13-11-19(12-14-20)24(31)15-34-26(33)22-10-6-5-9-21(22)25(32)29-27-28-23(16-36-27)18-7-3-2-4-8-18/h2-14,16H,15H2,1H3,(H,28,29,32). The molecule has 8 nitrogen and oxygen atoms in total. The molecular weight excluding hydrogens is 480 g/mol. The fraction of sp³-hybridized carbons (Fsp3) is 0.0741. The largest absolute Gasteiger partial charge is 0.454 e. The quantitative estimate of drug-likeness (QED) is 0.205. The van der Waals surface area contributed by atoms with Gasteiger partial charge in [-0.3, -0.25) is 19.7 Å². The number of hydrogen-bond donors (Lipinski definition) is 1. The monoisotopic (exact) mass is 500 g/mol. The molecule has 0 atom stereocenters. The Morgan fingerprint density at radius 2 is 1.53 bits per heavy atom. The maximum atomic E-state index is 12.9. The molecule has 180 valence electrons. The zero-order valence-corrected chi connectivity index (χ0v) is 19.9. The van der Waals surface area contributed by atoms with E-state index in [4.69, 9.17) is 9.47 Å². The summed E-state index contributed by atoms with van der Waals surface area (Å²) in [7, 11) is 0. The predicted molar refractivity (Wildman–Crippen MR) is 134 cm³/mol. The predicted octanol–water partition coefficient (Wildman–Crippen LogP) is 5.03. The first-order valence-electron chi connectivity index (χ1n) is 10.8. The van der Waals surface area contributed by atoms with Crippen LogP contribution in [0.15, 0.2) is 84.2 Å². The van der Waals surface area contributed by atoms with E-state index >= 15 is 0 Å². The summed E-state index contributed by atoms with van der Waals surface area (Å²) in [4.78, 5) is 53.5. The first kappa shape index (κ1) is 24.5. The van der Waals surface area contributed by atoms with E-state index in [1.807, 2.05) is 35.7 Å². The SMILES string of the molecule is CC(=O)Oc1ccc(C(=O)COC(=O)c2ccccc2C(=O)Nc2nc(-c3ccccc3)cs2)cc1. The molecule has 36 heavy (non-hydrogen) atoms. The molecule has 1 amide bonds. The highest BCUT2D eigenvalue weighted by molar-refractivity contribution is 7.14. The van der Waals surface area contributed by atoms with Gasteiger partial charge in [0.15, 0.2) is 17.5 Å². The molecule has 1 heterocycles. The van der Waals surface area contributed by atoms with E-state index in [0.29, 0.717) is 10.9 Å². The fourth-order valence-electron chi connectivity index (χ4n) is 3.26. The van der Waals surface area contributed by atoms with Crippen molar-refractivity contribution in [1.82, 2.24) is 4.98 Å². The van der Waals surface area contributed by atoms with Crippen LogP contribution in [0.5, 0.6) is 5.75 Å². The Morgan fingerprint density at radius 1 is 0.861 bits per heavy atom. The van der Waals surface area contributed by atoms with Crippen molar-refractivity contribution in [2.45, 2.75) is 6.92 Å². The van der Waals surface area contributed by atoms with Gasteiger partial charge >= 0.3 is 11.9 Å². The van der Waals surface area contributed by atoms with Crippen molar-refractivity contribution in [3.63, 3.8) is 0 Å². The number of aromatic nitrogens is 1. The molecule has 0 saturated heterocycles. The molecule has 0 radical (unpaired) electrons. The number of carbonyl (C=O) groups excluding carboxylic acids is 4. The molecule has 0 fully saturated rings. The number of Topliss-reactive ketones (excluding diaryl/α,β-unsaturated/α-hetero) is 1. The van der Waals surface area contributed by atoms with Crippen molar-refractivity contribution < 1.29 is 28.7 Å². The maximum absolute atomic E-state index is 12.9. The van der Waals surface area contributed by atoms with Gasteiger partial charge in [0.2, 0.25) is 0 Å². The van der Waals surface area contributed by atoms with Crippen LogP contribution in [0.3, 0.4) is 0 Å². The van der Waals surface area contributed by atoms with E-state index in [-0.39, 0.29) is 16.7 Å². The summed E-state index contributed by atoms with van der Waals surface area (Å²) in [6.45, 7) is 0.754. The molecule has 1 N–H and O–H groups in total. The molecule has 0 aliphatic rings. The van der Waals surface area contributed by atoms with Crippen molar-refractivity contribution in [2.75, 3.05) is 11.9 Å². The third-order valence-corrected chi connectivity index (χ3v) is 5.72. The lowest BCUT2D eigenvalue weighted by molar-refractivity contribution is -0.131. The molecule has 4 aromatic rings. The van der Waals surface area contributed by atoms with E-state index in [9.17, 15) is 19.2 Å². The highest BCUT2D eigenvalue weighted by Crippen LogP contribution is 2.25. The Kier molecular flexibility index (Phi) is 7.62. The van der Waals surface area contributed by atoms with E-state index in [2.05, 4.69) is 10.3 Å². The lowest BCUT2D eigenvalue weighted by Gasteiger charge is -2.09. The molecule has 0 unspecified atom stereocenters. The normalized spacial score (nSPS) is 10.4. The van der Waals surface area contributed by atoms with E-state index in [1.54, 1.807) is 12.1 Å². The molecule has 0 saturated carbocycles. The fourth-order valence-corrected chi connectivity index (χ4v) is 3.98. The summed E-state index contributed by atoms with van der Waals surface area (Å²) >= 11 is 1.27. The minimum Gasteiger partial charge on any atom is -0.454 e. The van der Waals surface area contributed by atoms with Crippen molar-refractivity contribution in [2.24, 2.45) is 0 Å². The van der Waals surface area contributed by atoms with Crippen LogP contribution in [0.4, 0.5) is 5.13 Å². The second-order valence-electron chi connectivity index (χ2n) is 7.52. The van der Waals surface area contributed by atoms with Crippen molar-refractivity contribution >= 4 is 40.1 Å². The number of hydrogen-bond acceptors (Lipinski definition) is 8. The minimum atomic E-state index is -0.810. The van der Waals surface area contributed by atoms with Gasteiger partial charge in [-0.25, -0.2) is 9.78 Å². The summed E-state index contributed by atoms with van der Waals surface area (Å²) in [6, 6.07) is 21.6. The molecule has 1 aromatic heterocycles. The molecule has 4 rings (SSSR count). The number of thiazole rings is 1. The highest BCUT2D eigenvalue weighted by Gasteiger charge is 2.20. The minimum absolute atomic E-state index is 0.0212. The number of ether oxygens (including phenoxy) is 2. The molecule has 9 heteroatoms. The van der Waals surface area contributed by atoms with Gasteiger partial charge in [0, 0.05) is 23.4 Å². The number of rotatable bonds is 8. The van der Waals surface area contributed by atoms with E-state index in [0.717, 1.165) is 11.3 Å². The smallest absolute Gasteiger partial charge is 0.339 e. The summed E-state index contributed by atoms with van der Waals surface area (Å²) in [5, 5.41) is 4.92. The van der Waals surface area contributed by atoms with Crippen LogP contribution >= 0.6 is 11.3 Å². The summed E-state index contributed by atoms with van der Waals surface area (Å²) in [5.74, 6) is -1.96. The van der Waals surface area contributed by atoms with Crippen LogP contribution in [0.2, 0.25) is 0 Å². The van der Waals surface area contributed by atoms with Crippen molar-refractivity contribution in [1.29, 1.82) is 0 Å². The molecule has 0 aliphatic heterocycles. The van der Waals surface area contributed by atoms with Crippen LogP contribution in [-0.4, -0.2) is 35.2 Å². The second-order valence-corrected chi connectivity index (χ2v) is 8.38. The lowest BCUT2D eigenvalue weighted by Crippen LogP contribution is -2.19. The van der Waals surface area contributed by atoms with Crippen LogP contribution in [0.1, 0.15) is 38.0 Å². The van der Waals surface area contributed by atoms with Crippen molar-refractivity contribution in [3.05, 3.63) is 101 Å². The third-order valence-electron chi connectivity index (χ3n) is 4.96. The molecule has 0 bridgehead atoms. The number of amides is 1. The van der Waals surface area contributed by atoms with E-state index < -0.39 is 30.2 Å². The third kappa shape index (κ3) is 6.08. The first-order chi connectivity index (χ1) is 17.4. The van der Waals surface area contributed by atoms with Crippen LogP contribution < -0.4 is 10.1 Å². The Bertz CT molecular complexity index is 1410. The number of nitrogens with zero attached hydrogens (tertiary/aromatic N) is 1. The van der Waals surface area contributed by atoms with Gasteiger partial charge in [0.1, 0.15) is 5.75 Å². The van der Waals surface area contributed by atoms with Gasteiger partial charge in [-0.1, -0.05) is 42.5 Å². The summed E-state index contributed by atoms with van der Waals surface area (Å²) in [5.41, 5.74) is 2.04. The lowest BCUT2D eigenvalue weighted by atomic mass is 10.1. The summed E-state index contributed by atoms with van der Waals surface area (Å²) < 4.78 is 10.1. The second kappa shape index (κ2) is 11.2. The number of ketones is 1. The number of esters is 2. The first-order valence-corrected chi connectivity index (χ1v) is 11.7. The average Bonchev–Trinajstić information content (AvgIpc) is 3.36. The Morgan fingerprint density at radius 3 is 2.22 bits per heavy atom. The van der Waals surface area contributed by atoms with Crippen LogP contribution in [0, 0.1) is 0 Å². The maximum Gasteiger partial charge on any atom is 0.339 e. The molecule has 3 aromatic carbocycles. The Balaban J connectivity index is 1.40. The zero-order valence-electron chi connectivity index (χ0n) is 19.1. The molecule has 0 aliphatic carbocycles. The van der Waals surface area contributed by atoms with E-state index in [1.165, 1.54) is 54.7 Å². The highest BCUT2D eigenvalue weighted by atomic mass is 32.1. The number of benzene rings is 3. The summed E-state index contributed by atoms with van der Waals surface area (Å²) in [6.07, 6.45) is 0. The number of anilines is 1. The van der Waals surface area contributed by atoms with Gasteiger partial charge in [-0.15, -0.1) is 11.3 Å². The zero-order chi connectivity index (χ0) is 25.5. The number of nitrogens with one attached hydrogen (secondary N) is 1. The Hall–Kier alpha value is -4.63. The van der Waals surface area contributed by atoms with Gasteiger partial charge in [-0.05, 0) is 36.4 Å². The van der Waals surface area contributed by atoms with Gasteiger partial charge in [-0.2, -0.15) is 0 Å². The van der Waals surface area contributed by atoms with Gasteiger partial charge in [0.05, 0.1) is 16.8 Å². The molecule has 0 spiro atoms. The molecular formula is C27H20N2O6S. The topological polar surface area (TPSA) is 112 Å². The Labute approximate surface area is 210 Å². The van der Waals surface area contributed by atoms with Crippen molar-refractivity contribution in [3.8, 4) is 17.0 Å².